The van der Waals surface area contributed by atoms with Crippen molar-refractivity contribution in [2.45, 2.75) is 56.5 Å². The summed E-state index contributed by atoms with van der Waals surface area (Å²) >= 11 is 1.75. The molecule has 3 fully saturated rings. The first-order valence-corrected chi connectivity index (χ1v) is 9.34. The van der Waals surface area contributed by atoms with Crippen LogP contribution >= 0.6 is 11.8 Å². The minimum Gasteiger partial charge on any atom is -0.337 e. The van der Waals surface area contributed by atoms with Gasteiger partial charge in [0.05, 0.1) is 11.4 Å². The highest BCUT2D eigenvalue weighted by Gasteiger charge is 2.42. The molecule has 1 atom stereocenters. The van der Waals surface area contributed by atoms with E-state index in [1.54, 1.807) is 11.8 Å². The van der Waals surface area contributed by atoms with Gasteiger partial charge in [-0.2, -0.15) is 4.98 Å². The predicted molar refractivity (Wildman–Crippen MR) is 82.9 cm³/mol. The predicted octanol–water partition coefficient (Wildman–Crippen LogP) is 2.17. The van der Waals surface area contributed by atoms with Gasteiger partial charge in [0.25, 0.3) is 0 Å². The van der Waals surface area contributed by atoms with Crippen molar-refractivity contribution >= 4 is 17.7 Å². The molecule has 1 saturated heterocycles. The van der Waals surface area contributed by atoms with Crippen molar-refractivity contribution < 1.29 is 9.32 Å². The second-order valence-electron chi connectivity index (χ2n) is 6.77. The number of amides is 1. The summed E-state index contributed by atoms with van der Waals surface area (Å²) in [6.45, 7) is 0. The quantitative estimate of drug-likeness (QED) is 0.918. The third-order valence-electron chi connectivity index (χ3n) is 5.29. The van der Waals surface area contributed by atoms with Gasteiger partial charge in [0, 0.05) is 11.7 Å². The van der Waals surface area contributed by atoms with Crippen LogP contribution < -0.4 is 5.73 Å². The summed E-state index contributed by atoms with van der Waals surface area (Å²) < 4.78 is 5.47. The molecule has 1 aromatic rings. The molecular weight excluding hydrogens is 300 g/mol. The largest absolute Gasteiger partial charge is 0.337 e. The fraction of sp³-hybridized carbons (Fsp3) is 0.800. The van der Waals surface area contributed by atoms with Crippen LogP contribution in [0, 0.1) is 5.92 Å². The highest BCUT2D eigenvalue weighted by Crippen LogP contribution is 2.40. The molecule has 3 aliphatic rings. The maximum atomic E-state index is 12.7. The van der Waals surface area contributed by atoms with Crippen LogP contribution in [0.1, 0.15) is 62.7 Å². The number of carbonyl (C=O) groups excluding carboxylic acids is 1. The molecule has 6 nitrogen and oxygen atoms in total. The van der Waals surface area contributed by atoms with Gasteiger partial charge in [-0.1, -0.05) is 18.0 Å². The molecule has 22 heavy (non-hydrogen) atoms. The minimum atomic E-state index is -0.409. The lowest BCUT2D eigenvalue weighted by molar-refractivity contribution is -0.136. The number of aromatic nitrogens is 2. The Morgan fingerprint density at radius 3 is 2.77 bits per heavy atom. The molecule has 2 aliphatic carbocycles. The van der Waals surface area contributed by atoms with E-state index in [9.17, 15) is 4.79 Å². The highest BCUT2D eigenvalue weighted by atomic mass is 32.2. The van der Waals surface area contributed by atoms with Gasteiger partial charge in [0.15, 0.2) is 5.82 Å². The number of carbonyl (C=O) groups is 1. The van der Waals surface area contributed by atoms with Crippen LogP contribution in [-0.2, 0) is 10.3 Å². The number of rotatable bonds is 3. The van der Waals surface area contributed by atoms with Gasteiger partial charge in [-0.25, -0.2) is 0 Å². The Bertz CT molecular complexity index is 566. The molecule has 0 bridgehead atoms. The van der Waals surface area contributed by atoms with Crippen molar-refractivity contribution in [2.75, 3.05) is 11.6 Å². The average molecular weight is 322 g/mol. The Balaban J connectivity index is 1.52. The topological polar surface area (TPSA) is 85.2 Å². The van der Waals surface area contributed by atoms with Crippen molar-refractivity contribution in [3.05, 3.63) is 11.7 Å². The van der Waals surface area contributed by atoms with Crippen LogP contribution in [0.15, 0.2) is 4.52 Å². The van der Waals surface area contributed by atoms with E-state index in [2.05, 4.69) is 10.1 Å². The number of thioether (sulfide) groups is 1. The second kappa shape index (κ2) is 5.53. The number of hydrogen-bond acceptors (Lipinski definition) is 6. The molecule has 2 saturated carbocycles. The van der Waals surface area contributed by atoms with Gasteiger partial charge < -0.3 is 15.2 Å². The van der Waals surface area contributed by atoms with E-state index in [0.717, 1.165) is 43.7 Å². The molecule has 7 heteroatoms. The first-order chi connectivity index (χ1) is 10.7. The van der Waals surface area contributed by atoms with Crippen molar-refractivity contribution in [3.8, 4) is 0 Å². The molecule has 0 aromatic carbocycles. The smallest absolute Gasteiger partial charge is 0.250 e. The van der Waals surface area contributed by atoms with E-state index in [-0.39, 0.29) is 17.9 Å². The number of hydrogen-bond donors (Lipinski definition) is 1. The Hall–Kier alpha value is -1.08. The molecule has 1 unspecified atom stereocenters. The maximum absolute atomic E-state index is 12.7. The Kier molecular flexibility index (Phi) is 3.64. The van der Waals surface area contributed by atoms with Gasteiger partial charge in [-0.3, -0.25) is 4.79 Å². The van der Waals surface area contributed by atoms with E-state index >= 15 is 0 Å². The third kappa shape index (κ3) is 2.34. The SMILES string of the molecule is NC1(c2noc(C3CSCN3C(=O)C3CCCC3)n2)CCC1. The normalized spacial score (nSPS) is 28.0. The zero-order chi connectivity index (χ0) is 15.2. The second-order valence-corrected chi connectivity index (χ2v) is 7.77. The van der Waals surface area contributed by atoms with Gasteiger partial charge in [0.2, 0.25) is 11.8 Å². The minimum absolute atomic E-state index is 0.0805. The van der Waals surface area contributed by atoms with Gasteiger partial charge in [0.1, 0.15) is 6.04 Å². The summed E-state index contributed by atoms with van der Waals surface area (Å²) in [5.74, 6) is 3.18. The molecule has 4 rings (SSSR count). The molecule has 120 valence electrons. The maximum Gasteiger partial charge on any atom is 0.250 e. The van der Waals surface area contributed by atoms with E-state index in [1.165, 1.54) is 12.8 Å². The zero-order valence-corrected chi connectivity index (χ0v) is 13.5. The van der Waals surface area contributed by atoms with Crippen molar-refractivity contribution in [2.24, 2.45) is 11.7 Å². The molecule has 1 amide bonds. The van der Waals surface area contributed by atoms with Crippen LogP contribution in [0.2, 0.25) is 0 Å². The molecular formula is C15H22N4O2S. The Labute approximate surface area is 134 Å². The standard InChI is InChI=1S/C15H22N4O2S/c16-15(6-3-7-15)14-17-12(21-18-14)11-8-22-9-19(11)13(20)10-4-1-2-5-10/h10-11H,1-9,16H2. The van der Waals surface area contributed by atoms with Crippen molar-refractivity contribution in [3.63, 3.8) is 0 Å². The molecule has 2 N–H and O–H groups in total. The number of nitrogens with two attached hydrogens (primary N) is 1. The number of nitrogens with zero attached hydrogens (tertiary/aromatic N) is 3. The molecule has 2 heterocycles. The third-order valence-corrected chi connectivity index (χ3v) is 6.30. The van der Waals surface area contributed by atoms with Gasteiger partial charge in [-0.15, -0.1) is 11.8 Å². The summed E-state index contributed by atoms with van der Waals surface area (Å²) in [6, 6.07) is -0.0805. The fourth-order valence-corrected chi connectivity index (χ4v) is 4.78. The van der Waals surface area contributed by atoms with Crippen LogP contribution in [-0.4, -0.2) is 32.6 Å². The highest BCUT2D eigenvalue weighted by molar-refractivity contribution is 7.99. The van der Waals surface area contributed by atoms with Crippen molar-refractivity contribution in [1.29, 1.82) is 0 Å². The van der Waals surface area contributed by atoms with Crippen molar-refractivity contribution in [1.82, 2.24) is 15.0 Å². The summed E-state index contributed by atoms with van der Waals surface area (Å²) in [5, 5.41) is 4.09. The lowest BCUT2D eigenvalue weighted by Crippen LogP contribution is -2.44. The van der Waals surface area contributed by atoms with E-state index < -0.39 is 5.54 Å². The Morgan fingerprint density at radius 2 is 2.09 bits per heavy atom. The lowest BCUT2D eigenvalue weighted by atomic mass is 9.77. The summed E-state index contributed by atoms with van der Waals surface area (Å²) in [6.07, 6.45) is 7.32. The van der Waals surface area contributed by atoms with E-state index in [0.29, 0.717) is 11.7 Å². The lowest BCUT2D eigenvalue weighted by Gasteiger charge is -2.34. The zero-order valence-electron chi connectivity index (χ0n) is 12.7. The van der Waals surface area contributed by atoms with E-state index in [4.69, 9.17) is 10.3 Å². The van der Waals surface area contributed by atoms with Gasteiger partial charge >= 0.3 is 0 Å². The molecule has 0 radical (unpaired) electrons. The first kappa shape index (κ1) is 14.5. The van der Waals surface area contributed by atoms with E-state index in [1.807, 2.05) is 4.90 Å². The molecule has 0 spiro atoms. The average Bonchev–Trinajstić information content (AvgIpc) is 3.23. The summed E-state index contributed by atoms with van der Waals surface area (Å²) in [4.78, 5) is 19.2. The van der Waals surface area contributed by atoms with Crippen LogP contribution in [0.3, 0.4) is 0 Å². The van der Waals surface area contributed by atoms with Crippen LogP contribution in [0.5, 0.6) is 0 Å². The van der Waals surface area contributed by atoms with Crippen LogP contribution in [0.25, 0.3) is 0 Å². The van der Waals surface area contributed by atoms with Crippen LogP contribution in [0.4, 0.5) is 0 Å². The summed E-state index contributed by atoms with van der Waals surface area (Å²) in [5.41, 5.74) is 5.85. The molecule has 1 aliphatic heterocycles. The first-order valence-electron chi connectivity index (χ1n) is 8.18. The molecule has 1 aromatic heterocycles. The summed E-state index contributed by atoms with van der Waals surface area (Å²) in [7, 11) is 0. The monoisotopic (exact) mass is 322 g/mol. The van der Waals surface area contributed by atoms with Gasteiger partial charge in [-0.05, 0) is 32.1 Å². The fourth-order valence-electron chi connectivity index (χ4n) is 3.63. The Morgan fingerprint density at radius 1 is 1.32 bits per heavy atom.